The lowest BCUT2D eigenvalue weighted by molar-refractivity contribution is 0.154. The molecule has 1 aromatic carbocycles. The number of halogens is 2. The van der Waals surface area contributed by atoms with Crippen molar-refractivity contribution in [1.29, 1.82) is 0 Å². The third-order valence-corrected chi connectivity index (χ3v) is 4.92. The summed E-state index contributed by atoms with van der Waals surface area (Å²) in [7, 11) is 0. The highest BCUT2D eigenvalue weighted by molar-refractivity contribution is 9.11. The molecule has 112 valence electrons. The van der Waals surface area contributed by atoms with E-state index in [4.69, 9.17) is 0 Å². The van der Waals surface area contributed by atoms with E-state index in [1.807, 2.05) is 0 Å². The van der Waals surface area contributed by atoms with Gasteiger partial charge in [0.15, 0.2) is 0 Å². The molecule has 3 nitrogen and oxygen atoms in total. The molecule has 1 aromatic rings. The molecule has 1 aliphatic heterocycles. The lowest BCUT2D eigenvalue weighted by Crippen LogP contribution is -2.45. The number of aromatic hydroxyl groups is 1. The highest BCUT2D eigenvalue weighted by Gasteiger charge is 2.24. The van der Waals surface area contributed by atoms with Crippen molar-refractivity contribution in [3.05, 3.63) is 26.6 Å². The fourth-order valence-corrected chi connectivity index (χ4v) is 3.94. The van der Waals surface area contributed by atoms with Gasteiger partial charge in [0.05, 0.1) is 8.95 Å². The number of nitrogens with one attached hydrogen (secondary N) is 1. The minimum Gasteiger partial charge on any atom is -0.506 e. The first-order chi connectivity index (χ1) is 9.49. The summed E-state index contributed by atoms with van der Waals surface area (Å²) in [4.78, 5) is 2.54. The van der Waals surface area contributed by atoms with Crippen LogP contribution in [0.3, 0.4) is 0 Å². The Kier molecular flexibility index (Phi) is 5.90. The predicted molar refractivity (Wildman–Crippen MR) is 90.1 cm³/mol. The van der Waals surface area contributed by atoms with Crippen molar-refractivity contribution in [2.24, 2.45) is 5.92 Å². The summed E-state index contributed by atoms with van der Waals surface area (Å²) in [6.07, 6.45) is 1.13. The molecule has 0 unspecified atom stereocenters. The predicted octanol–water partition coefficient (Wildman–Crippen LogP) is 3.91. The second kappa shape index (κ2) is 7.25. The van der Waals surface area contributed by atoms with Crippen molar-refractivity contribution in [2.75, 3.05) is 26.2 Å². The molecule has 0 amide bonds. The average Bonchev–Trinajstić information content (AvgIpc) is 2.42. The molecular weight excluding hydrogens is 384 g/mol. The van der Waals surface area contributed by atoms with Crippen LogP contribution in [0.2, 0.25) is 0 Å². The van der Waals surface area contributed by atoms with Crippen molar-refractivity contribution in [3.63, 3.8) is 0 Å². The Bertz CT molecular complexity index is 436. The van der Waals surface area contributed by atoms with E-state index >= 15 is 0 Å². The van der Waals surface area contributed by atoms with Crippen LogP contribution >= 0.6 is 31.9 Å². The smallest absolute Gasteiger partial charge is 0.143 e. The molecule has 1 atom stereocenters. The van der Waals surface area contributed by atoms with Crippen LogP contribution in [0.4, 0.5) is 0 Å². The Morgan fingerprint density at radius 2 is 1.75 bits per heavy atom. The van der Waals surface area contributed by atoms with Crippen LogP contribution < -0.4 is 5.32 Å². The van der Waals surface area contributed by atoms with Gasteiger partial charge in [-0.05, 0) is 61.9 Å². The van der Waals surface area contributed by atoms with Gasteiger partial charge in [-0.15, -0.1) is 0 Å². The normalized spacial score (nSPS) is 18.4. The molecule has 0 spiro atoms. The van der Waals surface area contributed by atoms with Gasteiger partial charge in [-0.3, -0.25) is 4.90 Å². The number of nitrogens with zero attached hydrogens (tertiary/aromatic N) is 1. The van der Waals surface area contributed by atoms with Gasteiger partial charge in [-0.2, -0.15) is 0 Å². The van der Waals surface area contributed by atoms with Crippen LogP contribution in [0, 0.1) is 5.92 Å². The highest BCUT2D eigenvalue weighted by Crippen LogP contribution is 2.38. The van der Waals surface area contributed by atoms with Crippen LogP contribution in [-0.4, -0.2) is 36.2 Å². The first-order valence-electron chi connectivity index (χ1n) is 7.11. The maximum atomic E-state index is 9.89. The Balaban J connectivity index is 2.30. The summed E-state index contributed by atoms with van der Waals surface area (Å²) in [5.41, 5.74) is 1.26. The number of hydrogen-bond donors (Lipinski definition) is 2. The van der Waals surface area contributed by atoms with Crippen molar-refractivity contribution in [2.45, 2.75) is 26.3 Å². The summed E-state index contributed by atoms with van der Waals surface area (Å²) < 4.78 is 1.51. The minimum atomic E-state index is 0.275. The summed E-state index contributed by atoms with van der Waals surface area (Å²) in [5.74, 6) is 0.915. The van der Waals surface area contributed by atoms with Crippen LogP contribution in [0.25, 0.3) is 0 Å². The van der Waals surface area contributed by atoms with E-state index in [2.05, 4.69) is 68.1 Å². The molecule has 5 heteroatoms. The first kappa shape index (κ1) is 16.3. The number of phenolic OH excluding ortho intramolecular Hbond substituents is 1. The average molecular weight is 406 g/mol. The summed E-state index contributed by atoms with van der Waals surface area (Å²) in [5, 5.41) is 13.3. The molecule has 1 aliphatic rings. The number of hydrogen-bond acceptors (Lipinski definition) is 3. The van der Waals surface area contributed by atoms with E-state index in [9.17, 15) is 5.11 Å². The highest BCUT2D eigenvalue weighted by atomic mass is 79.9. The van der Waals surface area contributed by atoms with Gasteiger partial charge in [0, 0.05) is 32.2 Å². The quantitative estimate of drug-likeness (QED) is 0.796. The molecule has 1 saturated heterocycles. The van der Waals surface area contributed by atoms with Gasteiger partial charge < -0.3 is 10.4 Å². The van der Waals surface area contributed by atoms with Crippen LogP contribution in [-0.2, 0) is 0 Å². The zero-order valence-corrected chi connectivity index (χ0v) is 15.2. The molecule has 1 heterocycles. The third-order valence-electron chi connectivity index (χ3n) is 3.71. The third kappa shape index (κ3) is 3.97. The van der Waals surface area contributed by atoms with Crippen LogP contribution in [0.1, 0.15) is 31.9 Å². The van der Waals surface area contributed by atoms with Gasteiger partial charge in [-0.25, -0.2) is 0 Å². The zero-order chi connectivity index (χ0) is 14.7. The fourth-order valence-electron chi connectivity index (χ4n) is 2.71. The van der Waals surface area contributed by atoms with Gasteiger partial charge in [-0.1, -0.05) is 13.8 Å². The maximum Gasteiger partial charge on any atom is 0.143 e. The molecule has 0 saturated carbocycles. The topological polar surface area (TPSA) is 35.5 Å². The summed E-state index contributed by atoms with van der Waals surface area (Å²) in [6.45, 7) is 8.78. The summed E-state index contributed by atoms with van der Waals surface area (Å²) in [6, 6.07) is 4.51. The van der Waals surface area contributed by atoms with Gasteiger partial charge in [0.1, 0.15) is 5.75 Å². The van der Waals surface area contributed by atoms with Gasteiger partial charge in [0.2, 0.25) is 0 Å². The molecule has 1 fully saturated rings. The molecular formula is C15H22Br2N2O. The first-order valence-corrected chi connectivity index (χ1v) is 8.70. The van der Waals surface area contributed by atoms with E-state index in [0.29, 0.717) is 12.0 Å². The van der Waals surface area contributed by atoms with Gasteiger partial charge in [0.25, 0.3) is 0 Å². The zero-order valence-electron chi connectivity index (χ0n) is 12.0. The standard InChI is InChI=1S/C15H22Br2N2O/c1-10(2)7-14(19-5-3-18-4-6-19)11-8-12(16)15(20)13(17)9-11/h8-10,14,18,20H,3-7H2,1-2H3/t14-/m1/s1. The largest absolute Gasteiger partial charge is 0.506 e. The number of rotatable bonds is 4. The monoisotopic (exact) mass is 404 g/mol. The van der Waals surface area contributed by atoms with E-state index in [1.165, 1.54) is 5.56 Å². The van der Waals surface area contributed by atoms with Crippen LogP contribution in [0.15, 0.2) is 21.1 Å². The van der Waals surface area contributed by atoms with Crippen molar-refractivity contribution < 1.29 is 5.11 Å². The number of piperazine rings is 1. The molecule has 20 heavy (non-hydrogen) atoms. The molecule has 2 rings (SSSR count). The second-order valence-corrected chi connectivity index (χ2v) is 7.47. The number of benzene rings is 1. The summed E-state index contributed by atoms with van der Waals surface area (Å²) >= 11 is 6.89. The van der Waals surface area contributed by atoms with Crippen molar-refractivity contribution >= 4 is 31.9 Å². The Morgan fingerprint density at radius 3 is 2.25 bits per heavy atom. The SMILES string of the molecule is CC(C)C[C@H](c1cc(Br)c(O)c(Br)c1)N1CCNCC1. The molecule has 0 aliphatic carbocycles. The lowest BCUT2D eigenvalue weighted by atomic mass is 9.95. The van der Waals surface area contributed by atoms with Crippen LogP contribution in [0.5, 0.6) is 5.75 Å². The second-order valence-electron chi connectivity index (χ2n) is 5.76. The van der Waals surface area contributed by atoms with Gasteiger partial charge >= 0.3 is 0 Å². The minimum absolute atomic E-state index is 0.275. The maximum absolute atomic E-state index is 9.89. The van der Waals surface area contributed by atoms with E-state index in [-0.39, 0.29) is 5.75 Å². The van der Waals surface area contributed by atoms with E-state index in [1.54, 1.807) is 0 Å². The molecule has 0 aromatic heterocycles. The Hall–Kier alpha value is -0.100. The molecule has 0 radical (unpaired) electrons. The van der Waals surface area contributed by atoms with E-state index in [0.717, 1.165) is 41.5 Å². The lowest BCUT2D eigenvalue weighted by Gasteiger charge is -2.36. The Labute approximate surface area is 138 Å². The van der Waals surface area contributed by atoms with Crippen molar-refractivity contribution in [1.82, 2.24) is 10.2 Å². The van der Waals surface area contributed by atoms with E-state index < -0.39 is 0 Å². The van der Waals surface area contributed by atoms with Crippen molar-refractivity contribution in [3.8, 4) is 5.75 Å². The Morgan fingerprint density at radius 1 is 1.20 bits per heavy atom. The fraction of sp³-hybridized carbons (Fsp3) is 0.600. The molecule has 0 bridgehead atoms. The number of phenols is 1. The molecule has 2 N–H and O–H groups in total.